The number of esters is 1. The number of ether oxygens (including phenoxy) is 2. The highest BCUT2D eigenvalue weighted by molar-refractivity contribution is 5.95. The number of nitrogens with one attached hydrogen (secondary N) is 1. The molecule has 4 heterocycles. The summed E-state index contributed by atoms with van der Waals surface area (Å²) in [6, 6.07) is 5.23. The molecule has 3 aromatic rings. The summed E-state index contributed by atoms with van der Waals surface area (Å²) in [4.78, 5) is 44.8. The molecule has 5 rings (SSSR count). The average Bonchev–Trinajstić information content (AvgIpc) is 3.45. The van der Waals surface area contributed by atoms with Crippen LogP contribution in [0.5, 0.6) is 5.75 Å². The fourth-order valence-electron chi connectivity index (χ4n) is 5.04. The Kier molecular flexibility index (Phi) is 6.84. The molecule has 1 aliphatic carbocycles. The number of carbonyl (C=O) groups excluding carboxylic acids is 2. The Morgan fingerprint density at radius 3 is 2.75 bits per heavy atom. The van der Waals surface area contributed by atoms with Gasteiger partial charge in [0.1, 0.15) is 11.3 Å². The summed E-state index contributed by atoms with van der Waals surface area (Å²) in [6.45, 7) is 1.32. The lowest BCUT2D eigenvalue weighted by Gasteiger charge is -2.19. The number of amides is 1. The summed E-state index contributed by atoms with van der Waals surface area (Å²) in [6.07, 6.45) is 8.07. The molecule has 1 N–H and O–H groups in total. The molecule has 2 aliphatic rings. The van der Waals surface area contributed by atoms with Gasteiger partial charge < -0.3 is 18.9 Å². The van der Waals surface area contributed by atoms with Crippen LogP contribution in [0.2, 0.25) is 0 Å². The lowest BCUT2D eigenvalue weighted by Crippen LogP contribution is -2.35. The van der Waals surface area contributed by atoms with Gasteiger partial charge in [0.2, 0.25) is 0 Å². The van der Waals surface area contributed by atoms with Gasteiger partial charge in [0.25, 0.3) is 11.5 Å². The number of aromatic amines is 1. The first-order valence-electron chi connectivity index (χ1n) is 12.3. The number of rotatable bonds is 7. The average molecular weight is 492 g/mol. The van der Waals surface area contributed by atoms with E-state index in [1.807, 2.05) is 12.1 Å². The van der Waals surface area contributed by atoms with Crippen molar-refractivity contribution >= 4 is 11.9 Å². The Morgan fingerprint density at radius 1 is 1.11 bits per heavy atom. The summed E-state index contributed by atoms with van der Waals surface area (Å²) >= 11 is 0. The maximum Gasteiger partial charge on any atom is 0.343 e. The topological polar surface area (TPSA) is 119 Å². The number of pyridine rings is 2. The van der Waals surface area contributed by atoms with Crippen molar-refractivity contribution in [2.45, 2.75) is 45.1 Å². The monoisotopic (exact) mass is 491 g/mol. The number of methoxy groups -OCH3 is 1. The first-order chi connectivity index (χ1) is 17.6. The van der Waals surface area contributed by atoms with Gasteiger partial charge in [-0.2, -0.15) is 5.10 Å². The minimum atomic E-state index is -0.562. The summed E-state index contributed by atoms with van der Waals surface area (Å²) in [5.74, 6) is -0.493. The predicted octanol–water partition coefficient (Wildman–Crippen LogP) is 1.95. The molecule has 0 saturated heterocycles. The van der Waals surface area contributed by atoms with Gasteiger partial charge in [0.15, 0.2) is 5.69 Å². The first-order valence-corrected chi connectivity index (χ1v) is 12.3. The second-order valence-electron chi connectivity index (χ2n) is 9.04. The summed E-state index contributed by atoms with van der Waals surface area (Å²) < 4.78 is 12.5. The van der Waals surface area contributed by atoms with Crippen molar-refractivity contribution in [1.29, 1.82) is 0 Å². The van der Waals surface area contributed by atoms with Crippen molar-refractivity contribution in [3.63, 3.8) is 0 Å². The quantitative estimate of drug-likeness (QED) is 0.396. The summed E-state index contributed by atoms with van der Waals surface area (Å²) in [5.41, 5.74) is 4.14. The molecule has 0 saturated carbocycles. The molecule has 10 heteroatoms. The predicted molar refractivity (Wildman–Crippen MR) is 130 cm³/mol. The smallest absolute Gasteiger partial charge is 0.343 e. The number of carbonyl (C=O) groups is 2. The highest BCUT2D eigenvalue weighted by Gasteiger charge is 2.30. The van der Waals surface area contributed by atoms with Crippen LogP contribution in [0.15, 0.2) is 35.4 Å². The number of H-pyrrole nitrogens is 1. The Bertz CT molecular complexity index is 1330. The molecule has 3 aromatic heterocycles. The molecular formula is C26H29N5O5. The molecule has 0 fully saturated rings. The van der Waals surface area contributed by atoms with E-state index in [1.165, 1.54) is 13.2 Å². The third-order valence-electron chi connectivity index (χ3n) is 6.90. The van der Waals surface area contributed by atoms with E-state index in [9.17, 15) is 14.4 Å². The highest BCUT2D eigenvalue weighted by atomic mass is 16.5. The second kappa shape index (κ2) is 10.3. The third-order valence-corrected chi connectivity index (χ3v) is 6.90. The fraction of sp³-hybridized carbons (Fsp3) is 0.423. The van der Waals surface area contributed by atoms with E-state index in [2.05, 4.69) is 15.2 Å². The number of aryl methyl sites for hydroxylation is 2. The number of hydrogen-bond acceptors (Lipinski definition) is 7. The SMILES string of the molecule is COC(=O)c1c(OCCCc2ccncc2)cc(=O)n2c1CCN(C(=O)c1n[nH]c3c1CCC3)CC2. The van der Waals surface area contributed by atoms with Gasteiger partial charge in [-0.15, -0.1) is 0 Å². The standard InChI is InChI=1S/C26H29N5O5/c1-35-26(34)23-20-9-12-30(25(33)24-18-5-2-6-19(18)28-29-24)13-14-31(20)22(32)16-21(23)36-15-3-4-17-7-10-27-11-8-17/h7-8,10-11,16H,2-6,9,12-15H2,1H3,(H,28,29). The van der Waals surface area contributed by atoms with Crippen LogP contribution >= 0.6 is 0 Å². The van der Waals surface area contributed by atoms with Crippen LogP contribution in [0.3, 0.4) is 0 Å². The van der Waals surface area contributed by atoms with E-state index >= 15 is 0 Å². The van der Waals surface area contributed by atoms with Crippen molar-refractivity contribution in [2.24, 2.45) is 0 Å². The maximum atomic E-state index is 13.3. The van der Waals surface area contributed by atoms with Crippen LogP contribution in [-0.2, 0) is 37.0 Å². The Hall–Kier alpha value is -3.95. The lowest BCUT2D eigenvalue weighted by atomic mass is 10.1. The Labute approximate surface area is 208 Å². The van der Waals surface area contributed by atoms with Crippen molar-refractivity contribution < 1.29 is 19.1 Å². The van der Waals surface area contributed by atoms with Crippen LogP contribution < -0.4 is 10.3 Å². The van der Waals surface area contributed by atoms with Crippen molar-refractivity contribution in [3.8, 4) is 5.75 Å². The molecule has 36 heavy (non-hydrogen) atoms. The van der Waals surface area contributed by atoms with Crippen LogP contribution in [0.25, 0.3) is 0 Å². The molecule has 0 bridgehead atoms. The van der Waals surface area contributed by atoms with E-state index in [0.29, 0.717) is 43.9 Å². The van der Waals surface area contributed by atoms with Crippen LogP contribution in [-0.4, -0.2) is 63.3 Å². The van der Waals surface area contributed by atoms with Crippen molar-refractivity contribution in [2.75, 3.05) is 26.8 Å². The van der Waals surface area contributed by atoms with Crippen molar-refractivity contribution in [3.05, 3.63) is 74.7 Å². The third kappa shape index (κ3) is 4.62. The first kappa shape index (κ1) is 23.8. The summed E-state index contributed by atoms with van der Waals surface area (Å²) in [5, 5.41) is 7.25. The highest BCUT2D eigenvalue weighted by Crippen LogP contribution is 2.26. The number of aromatic nitrogens is 4. The molecule has 0 spiro atoms. The van der Waals surface area contributed by atoms with E-state index in [1.54, 1.807) is 21.9 Å². The van der Waals surface area contributed by atoms with Gasteiger partial charge in [-0.05, 0) is 49.8 Å². The van der Waals surface area contributed by atoms with Gasteiger partial charge >= 0.3 is 5.97 Å². The van der Waals surface area contributed by atoms with Gasteiger partial charge in [-0.25, -0.2) is 4.79 Å². The zero-order valence-corrected chi connectivity index (χ0v) is 20.3. The van der Waals surface area contributed by atoms with E-state index < -0.39 is 5.97 Å². The van der Waals surface area contributed by atoms with Crippen LogP contribution in [0, 0.1) is 0 Å². The molecule has 10 nitrogen and oxygen atoms in total. The Balaban J connectivity index is 1.35. The normalized spacial score (nSPS) is 14.6. The molecule has 0 aromatic carbocycles. The van der Waals surface area contributed by atoms with Gasteiger partial charge in [0.05, 0.1) is 13.7 Å². The van der Waals surface area contributed by atoms with Crippen molar-refractivity contribution in [1.82, 2.24) is 24.6 Å². The molecular weight excluding hydrogens is 462 g/mol. The Morgan fingerprint density at radius 2 is 1.94 bits per heavy atom. The van der Waals surface area contributed by atoms with Gasteiger partial charge in [-0.3, -0.25) is 19.7 Å². The van der Waals surface area contributed by atoms with Gasteiger partial charge in [-0.1, -0.05) is 0 Å². The fourth-order valence-corrected chi connectivity index (χ4v) is 5.04. The molecule has 0 radical (unpaired) electrons. The van der Waals surface area contributed by atoms with Gasteiger partial charge in [0, 0.05) is 61.5 Å². The summed E-state index contributed by atoms with van der Waals surface area (Å²) in [7, 11) is 1.31. The van der Waals surface area contributed by atoms with E-state index in [0.717, 1.165) is 42.5 Å². The van der Waals surface area contributed by atoms with Crippen LogP contribution in [0.1, 0.15) is 56.2 Å². The van der Waals surface area contributed by atoms with Crippen LogP contribution in [0.4, 0.5) is 0 Å². The number of nitrogens with zero attached hydrogens (tertiary/aromatic N) is 4. The molecule has 0 atom stereocenters. The minimum Gasteiger partial charge on any atom is -0.492 e. The number of hydrogen-bond donors (Lipinski definition) is 1. The molecule has 0 unspecified atom stereocenters. The zero-order valence-electron chi connectivity index (χ0n) is 20.3. The largest absolute Gasteiger partial charge is 0.492 e. The zero-order chi connectivity index (χ0) is 25.1. The molecule has 188 valence electrons. The van der Waals surface area contributed by atoms with E-state index in [-0.39, 0.29) is 29.3 Å². The molecule has 1 amide bonds. The lowest BCUT2D eigenvalue weighted by molar-refractivity contribution is 0.0593. The van der Waals surface area contributed by atoms with E-state index in [4.69, 9.17) is 9.47 Å². The number of fused-ring (bicyclic) bond motifs is 2. The second-order valence-corrected chi connectivity index (χ2v) is 9.04. The maximum absolute atomic E-state index is 13.3. The molecule has 1 aliphatic heterocycles. The minimum absolute atomic E-state index is 0.151.